The standard InChI is InChI=1S/C18H18N2OS2/c1-11-7-8-14-15(9-11)23-18(19-14)22-10-16(21)20-17-12(2)5-4-6-13(17)3/h4-9H,10H2,1-3H3,(H,20,21). The molecule has 23 heavy (non-hydrogen) atoms. The van der Waals surface area contributed by atoms with Crippen LogP contribution in [0, 0.1) is 20.8 Å². The van der Waals surface area contributed by atoms with Gasteiger partial charge in [-0.2, -0.15) is 0 Å². The molecule has 0 aliphatic rings. The van der Waals surface area contributed by atoms with E-state index < -0.39 is 0 Å². The predicted molar refractivity (Wildman–Crippen MR) is 99.6 cm³/mol. The zero-order valence-electron chi connectivity index (χ0n) is 13.3. The summed E-state index contributed by atoms with van der Waals surface area (Å²) in [7, 11) is 0. The summed E-state index contributed by atoms with van der Waals surface area (Å²) in [6.45, 7) is 6.08. The highest BCUT2D eigenvalue weighted by atomic mass is 32.2. The molecule has 0 saturated heterocycles. The summed E-state index contributed by atoms with van der Waals surface area (Å²) in [5, 5.41) is 3.01. The number of benzene rings is 2. The number of thioether (sulfide) groups is 1. The van der Waals surface area contributed by atoms with Crippen molar-refractivity contribution < 1.29 is 4.79 Å². The van der Waals surface area contributed by atoms with Gasteiger partial charge in [0.1, 0.15) is 0 Å². The molecule has 3 rings (SSSR count). The molecule has 1 amide bonds. The second-order valence-electron chi connectivity index (χ2n) is 5.55. The van der Waals surface area contributed by atoms with Crippen molar-refractivity contribution in [2.75, 3.05) is 11.1 Å². The molecule has 118 valence electrons. The molecule has 0 radical (unpaired) electrons. The van der Waals surface area contributed by atoms with Gasteiger partial charge in [0.15, 0.2) is 4.34 Å². The van der Waals surface area contributed by atoms with Gasteiger partial charge in [0, 0.05) is 5.69 Å². The highest BCUT2D eigenvalue weighted by molar-refractivity contribution is 8.01. The van der Waals surface area contributed by atoms with Crippen LogP contribution in [0.5, 0.6) is 0 Å². The highest BCUT2D eigenvalue weighted by Crippen LogP contribution is 2.30. The van der Waals surface area contributed by atoms with Crippen LogP contribution >= 0.6 is 23.1 Å². The molecule has 0 unspecified atom stereocenters. The fourth-order valence-electron chi connectivity index (χ4n) is 2.39. The van der Waals surface area contributed by atoms with Crippen molar-refractivity contribution in [3.63, 3.8) is 0 Å². The number of hydrogen-bond donors (Lipinski definition) is 1. The SMILES string of the molecule is Cc1ccc2nc(SCC(=O)Nc3c(C)cccc3C)sc2c1. The third-order valence-corrected chi connectivity index (χ3v) is 5.76. The van der Waals surface area contributed by atoms with E-state index in [4.69, 9.17) is 0 Å². The number of nitrogens with one attached hydrogen (secondary N) is 1. The van der Waals surface area contributed by atoms with Crippen LogP contribution in [0.2, 0.25) is 0 Å². The molecule has 1 N–H and O–H groups in total. The van der Waals surface area contributed by atoms with Crippen molar-refractivity contribution in [3.05, 3.63) is 53.1 Å². The van der Waals surface area contributed by atoms with Gasteiger partial charge >= 0.3 is 0 Å². The highest BCUT2D eigenvalue weighted by Gasteiger charge is 2.10. The van der Waals surface area contributed by atoms with Crippen molar-refractivity contribution in [1.29, 1.82) is 0 Å². The number of nitrogens with zero attached hydrogens (tertiary/aromatic N) is 1. The Morgan fingerprint density at radius 2 is 1.91 bits per heavy atom. The minimum Gasteiger partial charge on any atom is -0.325 e. The van der Waals surface area contributed by atoms with E-state index in [1.54, 1.807) is 11.3 Å². The van der Waals surface area contributed by atoms with Gasteiger partial charge in [0.2, 0.25) is 5.91 Å². The maximum Gasteiger partial charge on any atom is 0.234 e. The molecule has 5 heteroatoms. The van der Waals surface area contributed by atoms with Gasteiger partial charge in [-0.1, -0.05) is 36.0 Å². The summed E-state index contributed by atoms with van der Waals surface area (Å²) in [6.07, 6.45) is 0. The minimum atomic E-state index is 0.00263. The lowest BCUT2D eigenvalue weighted by Crippen LogP contribution is -2.15. The molecule has 0 spiro atoms. The van der Waals surface area contributed by atoms with Gasteiger partial charge < -0.3 is 5.32 Å². The fourth-order valence-corrected chi connectivity index (χ4v) is 4.35. The lowest BCUT2D eigenvalue weighted by Gasteiger charge is -2.10. The van der Waals surface area contributed by atoms with Gasteiger partial charge in [0.05, 0.1) is 16.0 Å². The molecule has 2 aromatic carbocycles. The summed E-state index contributed by atoms with van der Waals surface area (Å²) in [5.74, 6) is 0.370. The molecular formula is C18H18N2OS2. The van der Waals surface area contributed by atoms with Crippen molar-refractivity contribution >= 4 is 44.9 Å². The van der Waals surface area contributed by atoms with E-state index in [9.17, 15) is 4.79 Å². The number of carbonyl (C=O) groups excluding carboxylic acids is 1. The number of anilines is 1. The van der Waals surface area contributed by atoms with E-state index in [0.29, 0.717) is 5.75 Å². The van der Waals surface area contributed by atoms with Crippen LogP contribution in [0.25, 0.3) is 10.2 Å². The molecule has 3 aromatic rings. The molecule has 0 bridgehead atoms. The number of hydrogen-bond acceptors (Lipinski definition) is 4. The molecule has 3 nitrogen and oxygen atoms in total. The van der Waals surface area contributed by atoms with E-state index in [1.165, 1.54) is 22.0 Å². The first-order valence-electron chi connectivity index (χ1n) is 7.39. The lowest BCUT2D eigenvalue weighted by atomic mass is 10.1. The average molecular weight is 342 g/mol. The van der Waals surface area contributed by atoms with Gasteiger partial charge in [-0.3, -0.25) is 4.79 Å². The maximum absolute atomic E-state index is 12.2. The zero-order chi connectivity index (χ0) is 16.4. The second kappa shape index (κ2) is 6.72. The first kappa shape index (κ1) is 16.0. The summed E-state index contributed by atoms with van der Waals surface area (Å²) < 4.78 is 2.10. The Balaban J connectivity index is 1.66. The Morgan fingerprint density at radius 3 is 2.65 bits per heavy atom. The first-order valence-corrected chi connectivity index (χ1v) is 9.19. The number of aromatic nitrogens is 1. The second-order valence-corrected chi connectivity index (χ2v) is 7.81. The Kier molecular flexibility index (Phi) is 4.68. The van der Waals surface area contributed by atoms with Crippen LogP contribution in [-0.4, -0.2) is 16.6 Å². The number of amides is 1. The summed E-state index contributed by atoms with van der Waals surface area (Å²) in [4.78, 5) is 16.8. The van der Waals surface area contributed by atoms with Gasteiger partial charge in [-0.25, -0.2) is 4.98 Å². The van der Waals surface area contributed by atoms with Gasteiger partial charge in [0.25, 0.3) is 0 Å². The van der Waals surface area contributed by atoms with Crippen molar-refractivity contribution in [2.24, 2.45) is 0 Å². The molecule has 1 aromatic heterocycles. The number of carbonyl (C=O) groups is 1. The van der Waals surface area contributed by atoms with Crippen LogP contribution in [0.15, 0.2) is 40.7 Å². The fraction of sp³-hybridized carbons (Fsp3) is 0.222. The minimum absolute atomic E-state index is 0.00263. The number of aryl methyl sites for hydroxylation is 3. The van der Waals surface area contributed by atoms with E-state index in [1.807, 2.05) is 38.1 Å². The number of rotatable bonds is 4. The normalized spacial score (nSPS) is 10.9. The van der Waals surface area contributed by atoms with E-state index in [2.05, 4.69) is 29.4 Å². The van der Waals surface area contributed by atoms with Crippen LogP contribution in [0.1, 0.15) is 16.7 Å². The van der Waals surface area contributed by atoms with Crippen LogP contribution in [-0.2, 0) is 4.79 Å². The molecular weight excluding hydrogens is 324 g/mol. The molecule has 0 aliphatic carbocycles. The van der Waals surface area contributed by atoms with Gasteiger partial charge in [-0.05, 0) is 49.6 Å². The molecule has 0 saturated carbocycles. The van der Waals surface area contributed by atoms with Crippen molar-refractivity contribution in [3.8, 4) is 0 Å². The quantitative estimate of drug-likeness (QED) is 0.682. The monoisotopic (exact) mass is 342 g/mol. The number of para-hydroxylation sites is 1. The van der Waals surface area contributed by atoms with E-state index in [0.717, 1.165) is 26.7 Å². The molecule has 0 atom stereocenters. The zero-order valence-corrected chi connectivity index (χ0v) is 15.0. The third-order valence-electron chi connectivity index (χ3n) is 3.60. The van der Waals surface area contributed by atoms with Crippen molar-refractivity contribution in [1.82, 2.24) is 4.98 Å². The summed E-state index contributed by atoms with van der Waals surface area (Å²) in [5.41, 5.74) is 5.30. The smallest absolute Gasteiger partial charge is 0.234 e. The third kappa shape index (κ3) is 3.74. The maximum atomic E-state index is 12.2. The molecule has 1 heterocycles. The van der Waals surface area contributed by atoms with Crippen LogP contribution < -0.4 is 5.32 Å². The van der Waals surface area contributed by atoms with Crippen molar-refractivity contribution in [2.45, 2.75) is 25.1 Å². The molecule has 0 fully saturated rings. The Bertz CT molecular complexity index is 850. The number of thiazole rings is 1. The summed E-state index contributed by atoms with van der Waals surface area (Å²) in [6, 6.07) is 12.2. The Morgan fingerprint density at radius 1 is 1.17 bits per heavy atom. The first-order chi connectivity index (χ1) is 11.0. The Labute approximate surface area is 144 Å². The topological polar surface area (TPSA) is 42.0 Å². The summed E-state index contributed by atoms with van der Waals surface area (Å²) >= 11 is 3.12. The average Bonchev–Trinajstić information content (AvgIpc) is 2.91. The van der Waals surface area contributed by atoms with Gasteiger partial charge in [-0.15, -0.1) is 11.3 Å². The van der Waals surface area contributed by atoms with E-state index >= 15 is 0 Å². The predicted octanol–water partition coefficient (Wildman–Crippen LogP) is 4.95. The van der Waals surface area contributed by atoms with E-state index in [-0.39, 0.29) is 5.91 Å². The largest absolute Gasteiger partial charge is 0.325 e. The number of fused-ring (bicyclic) bond motifs is 1. The van der Waals surface area contributed by atoms with Crippen LogP contribution in [0.3, 0.4) is 0 Å². The van der Waals surface area contributed by atoms with Crippen LogP contribution in [0.4, 0.5) is 5.69 Å². The molecule has 0 aliphatic heterocycles. The Hall–Kier alpha value is -1.85. The lowest BCUT2D eigenvalue weighted by molar-refractivity contribution is -0.113.